The van der Waals surface area contributed by atoms with Crippen LogP contribution in [0.4, 0.5) is 0 Å². The highest BCUT2D eigenvalue weighted by Gasteiger charge is 2.19. The van der Waals surface area contributed by atoms with E-state index in [0.29, 0.717) is 6.04 Å². The van der Waals surface area contributed by atoms with E-state index in [4.69, 9.17) is 4.42 Å². The van der Waals surface area contributed by atoms with Crippen LogP contribution in [0.1, 0.15) is 50.5 Å². The van der Waals surface area contributed by atoms with E-state index < -0.39 is 0 Å². The molecular weight excluding hydrogens is 234 g/mol. The topological polar surface area (TPSA) is 25.2 Å². The molecule has 0 saturated heterocycles. The lowest BCUT2D eigenvalue weighted by Gasteiger charge is -2.24. The van der Waals surface area contributed by atoms with Gasteiger partial charge >= 0.3 is 0 Å². The van der Waals surface area contributed by atoms with Gasteiger partial charge < -0.3 is 9.73 Å². The van der Waals surface area contributed by atoms with Crippen LogP contribution in [0.3, 0.4) is 0 Å². The van der Waals surface area contributed by atoms with Crippen molar-refractivity contribution in [1.29, 1.82) is 0 Å². The van der Waals surface area contributed by atoms with E-state index in [-0.39, 0.29) is 6.04 Å². The largest absolute Gasteiger partial charge is 0.467 e. The highest BCUT2D eigenvalue weighted by Crippen LogP contribution is 2.24. The molecule has 2 unspecified atom stereocenters. The second-order valence-corrected chi connectivity index (χ2v) is 4.92. The molecule has 0 bridgehead atoms. The second-order valence-electron chi connectivity index (χ2n) is 4.92. The van der Waals surface area contributed by atoms with Crippen LogP contribution in [0.25, 0.3) is 0 Å². The maximum Gasteiger partial charge on any atom is 0.125 e. The van der Waals surface area contributed by atoms with Gasteiger partial charge in [0.2, 0.25) is 0 Å². The van der Waals surface area contributed by atoms with Crippen molar-refractivity contribution in [2.75, 3.05) is 0 Å². The Balaban J connectivity index is 2.20. The molecule has 19 heavy (non-hydrogen) atoms. The van der Waals surface area contributed by atoms with Gasteiger partial charge in [-0.15, -0.1) is 0 Å². The van der Waals surface area contributed by atoms with Crippen molar-refractivity contribution in [3.8, 4) is 0 Å². The fourth-order valence-electron chi connectivity index (χ4n) is 2.43. The Morgan fingerprint density at radius 3 is 2.42 bits per heavy atom. The molecule has 0 aliphatic carbocycles. The van der Waals surface area contributed by atoms with Gasteiger partial charge in [-0.3, -0.25) is 0 Å². The van der Waals surface area contributed by atoms with Crippen LogP contribution in [-0.2, 0) is 0 Å². The Bertz CT molecular complexity index is 449. The molecule has 2 atom stereocenters. The molecule has 0 fully saturated rings. The summed E-state index contributed by atoms with van der Waals surface area (Å²) in [5, 5.41) is 3.73. The van der Waals surface area contributed by atoms with Crippen molar-refractivity contribution in [1.82, 2.24) is 5.32 Å². The Morgan fingerprint density at radius 1 is 1.05 bits per heavy atom. The van der Waals surface area contributed by atoms with E-state index in [0.717, 1.165) is 12.2 Å². The number of hydrogen-bond donors (Lipinski definition) is 1. The SMILES string of the molecule is CCCC(CC)NC(c1ccccc1)c1ccco1. The predicted molar refractivity (Wildman–Crippen MR) is 79.1 cm³/mol. The summed E-state index contributed by atoms with van der Waals surface area (Å²) in [6, 6.07) is 15.2. The van der Waals surface area contributed by atoms with Crippen molar-refractivity contribution >= 4 is 0 Å². The highest BCUT2D eigenvalue weighted by molar-refractivity contribution is 5.26. The fourth-order valence-corrected chi connectivity index (χ4v) is 2.43. The first-order valence-corrected chi connectivity index (χ1v) is 7.19. The zero-order chi connectivity index (χ0) is 13.5. The van der Waals surface area contributed by atoms with Crippen LogP contribution in [-0.4, -0.2) is 6.04 Å². The standard InChI is InChI=1S/C17H23NO/c1-3-9-15(4-2)18-17(16-12-8-13-19-16)14-10-6-5-7-11-14/h5-8,10-13,15,17-18H,3-4,9H2,1-2H3. The minimum Gasteiger partial charge on any atom is -0.467 e. The molecule has 1 heterocycles. The maximum atomic E-state index is 5.61. The lowest BCUT2D eigenvalue weighted by atomic mass is 10.0. The molecule has 0 amide bonds. The van der Waals surface area contributed by atoms with E-state index in [1.54, 1.807) is 6.26 Å². The quantitative estimate of drug-likeness (QED) is 0.788. The monoisotopic (exact) mass is 257 g/mol. The number of hydrogen-bond acceptors (Lipinski definition) is 2. The van der Waals surface area contributed by atoms with Crippen molar-refractivity contribution in [2.24, 2.45) is 0 Å². The van der Waals surface area contributed by atoms with Gasteiger partial charge in [-0.25, -0.2) is 0 Å². The maximum absolute atomic E-state index is 5.61. The van der Waals surface area contributed by atoms with Gasteiger partial charge in [0.15, 0.2) is 0 Å². The summed E-state index contributed by atoms with van der Waals surface area (Å²) in [6.07, 6.45) is 5.28. The molecule has 1 aromatic heterocycles. The lowest BCUT2D eigenvalue weighted by molar-refractivity contribution is 0.382. The Labute approximate surface area is 115 Å². The average Bonchev–Trinajstić information content (AvgIpc) is 2.98. The highest BCUT2D eigenvalue weighted by atomic mass is 16.3. The number of nitrogens with one attached hydrogen (secondary N) is 1. The van der Waals surface area contributed by atoms with Gasteiger partial charge in [-0.05, 0) is 30.5 Å². The van der Waals surface area contributed by atoms with Gasteiger partial charge in [0, 0.05) is 6.04 Å². The summed E-state index contributed by atoms with van der Waals surface area (Å²) in [4.78, 5) is 0. The number of furan rings is 1. The molecule has 2 aromatic rings. The Morgan fingerprint density at radius 2 is 1.84 bits per heavy atom. The van der Waals surface area contributed by atoms with E-state index >= 15 is 0 Å². The molecule has 102 valence electrons. The van der Waals surface area contributed by atoms with E-state index in [1.165, 1.54) is 18.4 Å². The molecule has 2 nitrogen and oxygen atoms in total. The molecule has 2 heteroatoms. The third kappa shape index (κ3) is 3.71. The van der Waals surface area contributed by atoms with Crippen LogP contribution in [0.15, 0.2) is 53.1 Å². The summed E-state index contributed by atoms with van der Waals surface area (Å²) in [5.41, 5.74) is 1.26. The van der Waals surface area contributed by atoms with Gasteiger partial charge in [0.1, 0.15) is 5.76 Å². The van der Waals surface area contributed by atoms with Crippen LogP contribution in [0, 0.1) is 0 Å². The van der Waals surface area contributed by atoms with Crippen LogP contribution in [0.2, 0.25) is 0 Å². The molecule has 1 aromatic carbocycles. The van der Waals surface area contributed by atoms with Crippen molar-refractivity contribution in [2.45, 2.75) is 45.2 Å². The Hall–Kier alpha value is -1.54. The predicted octanol–water partition coefficient (Wildman–Crippen LogP) is 4.54. The molecule has 0 aliphatic rings. The summed E-state index contributed by atoms with van der Waals surface area (Å²) in [7, 11) is 0. The third-order valence-corrected chi connectivity index (χ3v) is 3.49. The summed E-state index contributed by atoms with van der Waals surface area (Å²) in [5.74, 6) is 0.987. The van der Waals surface area contributed by atoms with Crippen molar-refractivity contribution in [3.63, 3.8) is 0 Å². The average molecular weight is 257 g/mol. The minimum atomic E-state index is 0.146. The normalized spacial score (nSPS) is 14.2. The number of rotatable bonds is 7. The first-order chi connectivity index (χ1) is 9.35. The summed E-state index contributed by atoms with van der Waals surface area (Å²) < 4.78 is 5.61. The number of benzene rings is 1. The van der Waals surface area contributed by atoms with Gasteiger partial charge in [-0.1, -0.05) is 50.6 Å². The molecule has 2 rings (SSSR count). The fraction of sp³-hybridized carbons (Fsp3) is 0.412. The molecule has 0 aliphatic heterocycles. The first-order valence-electron chi connectivity index (χ1n) is 7.19. The second kappa shape index (κ2) is 7.15. The lowest BCUT2D eigenvalue weighted by Crippen LogP contribution is -2.32. The van der Waals surface area contributed by atoms with Gasteiger partial charge in [-0.2, -0.15) is 0 Å². The summed E-state index contributed by atoms with van der Waals surface area (Å²) in [6.45, 7) is 4.46. The van der Waals surface area contributed by atoms with Gasteiger partial charge in [0.05, 0.1) is 12.3 Å². The van der Waals surface area contributed by atoms with Gasteiger partial charge in [0.25, 0.3) is 0 Å². The summed E-state index contributed by atoms with van der Waals surface area (Å²) >= 11 is 0. The molecule has 0 spiro atoms. The van der Waals surface area contributed by atoms with Crippen LogP contribution >= 0.6 is 0 Å². The molecule has 0 saturated carbocycles. The van der Waals surface area contributed by atoms with E-state index in [9.17, 15) is 0 Å². The first kappa shape index (κ1) is 13.9. The smallest absolute Gasteiger partial charge is 0.125 e. The van der Waals surface area contributed by atoms with Crippen molar-refractivity contribution < 1.29 is 4.42 Å². The third-order valence-electron chi connectivity index (χ3n) is 3.49. The zero-order valence-electron chi connectivity index (χ0n) is 11.8. The van der Waals surface area contributed by atoms with Crippen LogP contribution in [0.5, 0.6) is 0 Å². The molecule has 0 radical (unpaired) electrons. The van der Waals surface area contributed by atoms with Crippen LogP contribution < -0.4 is 5.32 Å². The van der Waals surface area contributed by atoms with E-state index in [1.807, 2.05) is 18.2 Å². The minimum absolute atomic E-state index is 0.146. The molecular formula is C17H23NO. The van der Waals surface area contributed by atoms with Crippen molar-refractivity contribution in [3.05, 3.63) is 60.1 Å². The van der Waals surface area contributed by atoms with E-state index in [2.05, 4.69) is 43.4 Å². The zero-order valence-corrected chi connectivity index (χ0v) is 11.8. The molecule has 1 N–H and O–H groups in total. The Kier molecular flexibility index (Phi) is 5.22.